The molecule has 0 bridgehead atoms. The van der Waals surface area contributed by atoms with E-state index in [2.05, 4.69) is 77.2 Å². The second kappa shape index (κ2) is 14.4. The van der Waals surface area contributed by atoms with Gasteiger partial charge in [0.1, 0.15) is 24.4 Å². The average molecular weight is 727 g/mol. The fourth-order valence-electron chi connectivity index (χ4n) is 7.64. The Bertz CT molecular complexity index is 2180. The minimum Gasteiger partial charge on any atom is -0.474 e. The zero-order valence-electron chi connectivity index (χ0n) is 30.0. The third-order valence-electron chi connectivity index (χ3n) is 10.8. The van der Waals surface area contributed by atoms with Gasteiger partial charge in [-0.1, -0.05) is 12.1 Å². The van der Waals surface area contributed by atoms with E-state index < -0.39 is 0 Å². The third kappa shape index (κ3) is 7.04. The minimum atomic E-state index is -0.378. The van der Waals surface area contributed by atoms with Crippen LogP contribution in [0.15, 0.2) is 73.2 Å². The summed E-state index contributed by atoms with van der Waals surface area (Å²) in [6.45, 7) is 7.42. The number of hydrogen-bond donors (Lipinski definition) is 4. The lowest BCUT2D eigenvalue weighted by atomic mass is 10.00. The molecule has 2 aromatic carbocycles. The molecule has 4 aliphatic rings. The van der Waals surface area contributed by atoms with Crippen molar-refractivity contribution < 1.29 is 19.1 Å². The topological polar surface area (TPSA) is 159 Å². The molecule has 9 rings (SSSR count). The standard InChI is InChI=1S/C40H42N10O4/c1-24-32(21-43-39-37(24)41-14-17-53-39)25-2-3-26-19-44-40(47-34(26)18-25)46-28-6-11-36(42-20-28)54-31-12-15-49(16-13-31)30-22-50(23-30)29-7-4-27(5-8-29)45-33-9-10-35(51)48-38(33)52/h2-8,11,18-21,30-31,33,41,45H,9-10,12-17,22-23H2,1H3,(H,44,46,47)(H,48,51,52). The smallest absolute Gasteiger partial charge is 0.249 e. The summed E-state index contributed by atoms with van der Waals surface area (Å²) in [4.78, 5) is 46.9. The number of carbonyl (C=O) groups excluding carboxylic acids is 2. The first-order chi connectivity index (χ1) is 26.4. The lowest BCUT2D eigenvalue weighted by Gasteiger charge is -2.48. The Balaban J connectivity index is 0.744. The summed E-state index contributed by atoms with van der Waals surface area (Å²) < 4.78 is 12.0. The number of carbonyl (C=O) groups is 2. The van der Waals surface area contributed by atoms with Crippen LogP contribution >= 0.6 is 0 Å². The maximum atomic E-state index is 12.1. The summed E-state index contributed by atoms with van der Waals surface area (Å²) in [5.74, 6) is 1.29. The molecule has 7 heterocycles. The third-order valence-corrected chi connectivity index (χ3v) is 10.8. The number of ether oxygens (including phenoxy) is 2. The number of amides is 2. The number of pyridine rings is 2. The van der Waals surface area contributed by atoms with E-state index in [0.717, 1.165) is 90.2 Å². The van der Waals surface area contributed by atoms with Crippen molar-refractivity contribution in [2.75, 3.05) is 60.2 Å². The summed E-state index contributed by atoms with van der Waals surface area (Å²) in [6, 6.07) is 18.3. The fraction of sp³-hybridized carbons (Fsp3) is 0.350. The van der Waals surface area contributed by atoms with Crippen LogP contribution in [-0.4, -0.2) is 94.2 Å². The number of fused-ring (bicyclic) bond motifs is 2. The van der Waals surface area contributed by atoms with E-state index in [9.17, 15) is 9.59 Å². The van der Waals surface area contributed by atoms with Gasteiger partial charge in [-0.3, -0.25) is 19.8 Å². The van der Waals surface area contributed by atoms with Crippen LogP contribution in [-0.2, 0) is 9.59 Å². The maximum Gasteiger partial charge on any atom is 0.249 e. The van der Waals surface area contributed by atoms with Crippen LogP contribution in [0.4, 0.5) is 28.7 Å². The SMILES string of the molecule is Cc1c(-c2ccc3cnc(Nc4ccc(OC5CCN(C6CN(c7ccc(NC8CCC(=O)NC8=O)cc7)C6)CC5)nc4)nc3c2)cnc2c1NCCO2. The molecular weight excluding hydrogens is 685 g/mol. The molecule has 14 nitrogen and oxygen atoms in total. The van der Waals surface area contributed by atoms with E-state index >= 15 is 0 Å². The summed E-state index contributed by atoms with van der Waals surface area (Å²) in [6.07, 6.45) is 8.35. The quantitative estimate of drug-likeness (QED) is 0.152. The van der Waals surface area contributed by atoms with Gasteiger partial charge in [0.25, 0.3) is 0 Å². The van der Waals surface area contributed by atoms with E-state index in [-0.39, 0.29) is 24.0 Å². The molecule has 0 spiro atoms. The lowest BCUT2D eigenvalue weighted by molar-refractivity contribution is -0.133. The van der Waals surface area contributed by atoms with E-state index in [4.69, 9.17) is 14.5 Å². The van der Waals surface area contributed by atoms with Gasteiger partial charge in [0.15, 0.2) is 0 Å². The highest BCUT2D eigenvalue weighted by Crippen LogP contribution is 2.36. The van der Waals surface area contributed by atoms with Gasteiger partial charge in [-0.05, 0) is 73.7 Å². The lowest BCUT2D eigenvalue weighted by Crippen LogP contribution is -2.61. The van der Waals surface area contributed by atoms with Gasteiger partial charge in [-0.2, -0.15) is 0 Å². The Kier molecular flexibility index (Phi) is 9.03. The molecule has 5 aromatic rings. The van der Waals surface area contributed by atoms with Gasteiger partial charge in [0, 0.05) is 86.0 Å². The molecule has 1 atom stereocenters. The highest BCUT2D eigenvalue weighted by atomic mass is 16.5. The number of nitrogens with zero attached hydrogens (tertiary/aromatic N) is 6. The molecule has 276 valence electrons. The number of piperidine rings is 2. The van der Waals surface area contributed by atoms with Crippen LogP contribution in [0.1, 0.15) is 31.2 Å². The number of rotatable bonds is 9. The second-order valence-electron chi connectivity index (χ2n) is 14.3. The van der Waals surface area contributed by atoms with Crippen molar-refractivity contribution in [2.24, 2.45) is 0 Å². The number of anilines is 5. The number of hydrogen-bond acceptors (Lipinski definition) is 13. The second-order valence-corrected chi connectivity index (χ2v) is 14.3. The normalized spacial score (nSPS) is 19.3. The predicted octanol–water partition coefficient (Wildman–Crippen LogP) is 4.89. The monoisotopic (exact) mass is 726 g/mol. The molecule has 0 aliphatic carbocycles. The number of imide groups is 1. The highest BCUT2D eigenvalue weighted by molar-refractivity contribution is 6.01. The molecule has 2 amide bonds. The van der Waals surface area contributed by atoms with Crippen molar-refractivity contribution in [3.8, 4) is 22.9 Å². The summed E-state index contributed by atoms with van der Waals surface area (Å²) in [5.41, 5.74) is 7.76. The largest absolute Gasteiger partial charge is 0.474 e. The van der Waals surface area contributed by atoms with Gasteiger partial charge >= 0.3 is 0 Å². The first kappa shape index (κ1) is 33.8. The van der Waals surface area contributed by atoms with Crippen molar-refractivity contribution >= 4 is 51.4 Å². The molecule has 3 saturated heterocycles. The molecule has 4 aliphatic heterocycles. The van der Waals surface area contributed by atoms with E-state index in [1.807, 2.05) is 42.7 Å². The van der Waals surface area contributed by atoms with E-state index in [1.165, 1.54) is 5.69 Å². The van der Waals surface area contributed by atoms with Crippen LogP contribution in [0.3, 0.4) is 0 Å². The number of likely N-dealkylation sites (tertiary alicyclic amines) is 1. The molecule has 0 saturated carbocycles. The molecule has 54 heavy (non-hydrogen) atoms. The van der Waals surface area contributed by atoms with Gasteiger partial charge in [0.2, 0.25) is 29.5 Å². The maximum absolute atomic E-state index is 12.1. The van der Waals surface area contributed by atoms with Crippen LogP contribution in [0.25, 0.3) is 22.0 Å². The van der Waals surface area contributed by atoms with Gasteiger partial charge in [-0.15, -0.1) is 0 Å². The van der Waals surface area contributed by atoms with Crippen LogP contribution in [0.5, 0.6) is 11.8 Å². The first-order valence-corrected chi connectivity index (χ1v) is 18.6. The van der Waals surface area contributed by atoms with Crippen LogP contribution in [0, 0.1) is 6.92 Å². The van der Waals surface area contributed by atoms with Crippen molar-refractivity contribution in [1.82, 2.24) is 30.2 Å². The molecule has 14 heteroatoms. The van der Waals surface area contributed by atoms with Crippen molar-refractivity contribution in [2.45, 2.75) is 50.8 Å². The molecule has 4 N–H and O–H groups in total. The Morgan fingerprint density at radius 1 is 0.907 bits per heavy atom. The Morgan fingerprint density at radius 2 is 1.74 bits per heavy atom. The molecular formula is C40H42N10O4. The zero-order valence-corrected chi connectivity index (χ0v) is 30.0. The zero-order chi connectivity index (χ0) is 36.6. The highest BCUT2D eigenvalue weighted by Gasteiger charge is 2.35. The van der Waals surface area contributed by atoms with Crippen molar-refractivity contribution in [3.63, 3.8) is 0 Å². The first-order valence-electron chi connectivity index (χ1n) is 18.6. The Hall–Kier alpha value is -6.02. The Labute approximate surface area is 312 Å². The molecule has 3 fully saturated rings. The van der Waals surface area contributed by atoms with Gasteiger partial charge in [0.05, 0.1) is 17.4 Å². The predicted molar refractivity (Wildman–Crippen MR) is 206 cm³/mol. The summed E-state index contributed by atoms with van der Waals surface area (Å²) in [7, 11) is 0. The fourth-order valence-corrected chi connectivity index (χ4v) is 7.64. The van der Waals surface area contributed by atoms with Crippen molar-refractivity contribution in [3.05, 3.63) is 78.8 Å². The van der Waals surface area contributed by atoms with Crippen LogP contribution in [0.2, 0.25) is 0 Å². The summed E-state index contributed by atoms with van der Waals surface area (Å²) in [5, 5.41) is 13.3. The minimum absolute atomic E-state index is 0.128. The number of benzene rings is 2. The average Bonchev–Trinajstić information content (AvgIpc) is 3.17. The molecule has 3 aromatic heterocycles. The number of aromatic nitrogens is 4. The van der Waals surface area contributed by atoms with Gasteiger partial charge in [-0.25, -0.2) is 19.9 Å². The Morgan fingerprint density at radius 3 is 2.54 bits per heavy atom. The van der Waals surface area contributed by atoms with Gasteiger partial charge < -0.3 is 30.3 Å². The molecule has 0 radical (unpaired) electrons. The van der Waals surface area contributed by atoms with E-state index in [0.29, 0.717) is 43.2 Å². The molecule has 1 unspecified atom stereocenters. The van der Waals surface area contributed by atoms with Crippen molar-refractivity contribution in [1.29, 1.82) is 0 Å². The summed E-state index contributed by atoms with van der Waals surface area (Å²) >= 11 is 0. The van der Waals surface area contributed by atoms with Crippen LogP contribution < -0.4 is 35.6 Å². The van der Waals surface area contributed by atoms with E-state index in [1.54, 1.807) is 6.20 Å². The number of nitrogens with one attached hydrogen (secondary N) is 4.